The summed E-state index contributed by atoms with van der Waals surface area (Å²) in [7, 11) is 0. The minimum atomic E-state index is -0.979. The van der Waals surface area contributed by atoms with E-state index >= 15 is 0 Å². The van der Waals surface area contributed by atoms with Crippen LogP contribution >= 0.6 is 27.3 Å². The highest BCUT2D eigenvalue weighted by Crippen LogP contribution is 2.30. The molecule has 2 heterocycles. The Hall–Kier alpha value is -1.66. The van der Waals surface area contributed by atoms with Crippen LogP contribution in [0.2, 0.25) is 0 Å². The maximum absolute atomic E-state index is 10.9. The van der Waals surface area contributed by atoms with Gasteiger partial charge < -0.3 is 9.52 Å². The summed E-state index contributed by atoms with van der Waals surface area (Å²) in [6.07, 6.45) is 0. The van der Waals surface area contributed by atoms with Crippen molar-refractivity contribution in [2.45, 2.75) is 0 Å². The lowest BCUT2D eigenvalue weighted by molar-refractivity contribution is 0.0697. The van der Waals surface area contributed by atoms with Crippen LogP contribution in [0.15, 0.2) is 37.8 Å². The van der Waals surface area contributed by atoms with Gasteiger partial charge in [0, 0.05) is 10.9 Å². The first-order valence-corrected chi connectivity index (χ1v) is 6.69. The fraction of sp³-hybridized carbons (Fsp3) is 0. The molecule has 0 saturated heterocycles. The van der Waals surface area contributed by atoms with Crippen molar-refractivity contribution in [1.82, 2.24) is 4.98 Å². The van der Waals surface area contributed by atoms with Crippen LogP contribution in [-0.2, 0) is 0 Å². The van der Waals surface area contributed by atoms with Crippen molar-refractivity contribution < 1.29 is 14.3 Å². The van der Waals surface area contributed by atoms with Crippen molar-refractivity contribution in [3.63, 3.8) is 0 Å². The molecule has 0 radical (unpaired) electrons. The molecule has 0 unspecified atom stereocenters. The number of oxazole rings is 1. The minimum absolute atomic E-state index is 0.191. The lowest BCUT2D eigenvalue weighted by Gasteiger charge is -1.91. The Balaban J connectivity index is 2.13. The normalized spacial score (nSPS) is 10.9. The van der Waals surface area contributed by atoms with Gasteiger partial charge in [0.05, 0.1) is 9.35 Å². The summed E-state index contributed by atoms with van der Waals surface area (Å²) in [4.78, 5) is 15.2. The number of aromatic nitrogens is 1. The predicted octanol–water partition coefficient (Wildman–Crippen LogP) is 4.02. The van der Waals surface area contributed by atoms with Gasteiger partial charge in [0.25, 0.3) is 0 Å². The molecule has 1 N–H and O–H groups in total. The number of hydrogen-bond acceptors (Lipinski definition) is 4. The second kappa shape index (κ2) is 4.22. The number of halogens is 1. The van der Waals surface area contributed by atoms with Gasteiger partial charge in [-0.15, -0.1) is 11.3 Å². The third-order valence-corrected chi connectivity index (χ3v) is 3.95. The minimum Gasteiger partial charge on any atom is -0.478 e. The van der Waals surface area contributed by atoms with Crippen molar-refractivity contribution in [2.24, 2.45) is 0 Å². The largest absolute Gasteiger partial charge is 0.478 e. The zero-order chi connectivity index (χ0) is 12.7. The molecule has 0 fully saturated rings. The summed E-state index contributed by atoms with van der Waals surface area (Å²) in [5, 5.41) is 10.8. The maximum Gasteiger partial charge on any atom is 0.335 e. The van der Waals surface area contributed by atoms with Gasteiger partial charge in [0.1, 0.15) is 5.52 Å². The zero-order valence-corrected chi connectivity index (χ0v) is 11.3. The predicted molar refractivity (Wildman–Crippen MR) is 72.0 cm³/mol. The number of benzene rings is 1. The number of rotatable bonds is 2. The number of carbonyl (C=O) groups is 1. The summed E-state index contributed by atoms with van der Waals surface area (Å²) in [5.41, 5.74) is 2.20. The molecule has 0 saturated carbocycles. The number of carboxylic acid groups (broad SMARTS) is 1. The molecular weight excluding hydrogens is 318 g/mol. The number of fused-ring (bicyclic) bond motifs is 1. The number of aromatic carboxylic acids is 1. The molecule has 0 aliphatic carbocycles. The molecule has 0 atom stereocenters. The van der Waals surface area contributed by atoms with Crippen LogP contribution in [0.25, 0.3) is 22.6 Å². The lowest BCUT2D eigenvalue weighted by Crippen LogP contribution is -1.94. The molecule has 90 valence electrons. The Kier molecular flexibility index (Phi) is 2.68. The number of thiophene rings is 1. The van der Waals surface area contributed by atoms with Crippen molar-refractivity contribution in [3.8, 4) is 11.5 Å². The third kappa shape index (κ3) is 1.93. The topological polar surface area (TPSA) is 63.3 Å². The van der Waals surface area contributed by atoms with E-state index in [1.165, 1.54) is 23.5 Å². The molecule has 3 aromatic rings. The van der Waals surface area contributed by atoms with Crippen LogP contribution in [0.4, 0.5) is 0 Å². The molecule has 18 heavy (non-hydrogen) atoms. The second-order valence-electron chi connectivity index (χ2n) is 3.65. The summed E-state index contributed by atoms with van der Waals surface area (Å²) in [6.45, 7) is 0. The van der Waals surface area contributed by atoms with Crippen LogP contribution in [0.5, 0.6) is 0 Å². The highest BCUT2D eigenvalue weighted by atomic mass is 79.9. The van der Waals surface area contributed by atoms with Crippen LogP contribution < -0.4 is 0 Å². The Morgan fingerprint density at radius 3 is 2.89 bits per heavy atom. The van der Waals surface area contributed by atoms with Gasteiger partial charge in [-0.1, -0.05) is 0 Å². The summed E-state index contributed by atoms with van der Waals surface area (Å²) in [5.74, 6) is -0.484. The molecule has 0 aliphatic heterocycles. The zero-order valence-electron chi connectivity index (χ0n) is 8.88. The summed E-state index contributed by atoms with van der Waals surface area (Å²) in [6, 6.07) is 6.55. The van der Waals surface area contributed by atoms with E-state index in [0.29, 0.717) is 17.0 Å². The summed E-state index contributed by atoms with van der Waals surface area (Å²) >= 11 is 4.92. The Bertz CT molecular complexity index is 747. The molecule has 2 aromatic heterocycles. The molecule has 0 aliphatic rings. The molecule has 0 amide bonds. The average Bonchev–Trinajstić information content (AvgIpc) is 2.93. The van der Waals surface area contributed by atoms with Crippen molar-refractivity contribution >= 4 is 44.3 Å². The highest BCUT2D eigenvalue weighted by molar-refractivity contribution is 9.11. The second-order valence-corrected chi connectivity index (χ2v) is 5.94. The van der Waals surface area contributed by atoms with Crippen LogP contribution in [-0.4, -0.2) is 16.1 Å². The van der Waals surface area contributed by atoms with E-state index in [9.17, 15) is 4.79 Å². The fourth-order valence-corrected chi connectivity index (χ4v) is 2.73. The molecule has 1 aromatic carbocycles. The molecular formula is C12H6BrNO3S. The first-order valence-electron chi connectivity index (χ1n) is 5.02. The smallest absolute Gasteiger partial charge is 0.335 e. The Morgan fingerprint density at radius 1 is 1.39 bits per heavy atom. The Morgan fingerprint density at radius 2 is 2.22 bits per heavy atom. The Labute approximate surface area is 114 Å². The van der Waals surface area contributed by atoms with E-state index in [2.05, 4.69) is 20.9 Å². The highest BCUT2D eigenvalue weighted by Gasteiger charge is 2.12. The maximum atomic E-state index is 10.9. The van der Waals surface area contributed by atoms with E-state index in [1.54, 1.807) is 6.07 Å². The first kappa shape index (κ1) is 11.4. The van der Waals surface area contributed by atoms with Gasteiger partial charge in [-0.3, -0.25) is 0 Å². The van der Waals surface area contributed by atoms with E-state index in [0.717, 1.165) is 9.35 Å². The van der Waals surface area contributed by atoms with Gasteiger partial charge in [0.2, 0.25) is 5.89 Å². The van der Waals surface area contributed by atoms with E-state index < -0.39 is 5.97 Å². The van der Waals surface area contributed by atoms with Crippen molar-refractivity contribution in [3.05, 3.63) is 39.0 Å². The first-order chi connectivity index (χ1) is 8.63. The average molecular weight is 324 g/mol. The number of nitrogens with zero attached hydrogens (tertiary/aromatic N) is 1. The molecule has 6 heteroatoms. The fourth-order valence-electron chi connectivity index (χ4n) is 1.60. The van der Waals surface area contributed by atoms with Gasteiger partial charge in [-0.05, 0) is 40.2 Å². The van der Waals surface area contributed by atoms with Crippen molar-refractivity contribution in [1.29, 1.82) is 0 Å². The van der Waals surface area contributed by atoms with E-state index in [4.69, 9.17) is 9.52 Å². The van der Waals surface area contributed by atoms with E-state index in [1.807, 2.05) is 11.4 Å². The monoisotopic (exact) mass is 323 g/mol. The standard InChI is InChI=1S/C12H6BrNO3S/c13-10-4-7(5-18-10)11-14-8-2-1-6(12(15)16)3-9(8)17-11/h1-5H,(H,15,16). The van der Waals surface area contributed by atoms with Crippen LogP contribution in [0.1, 0.15) is 10.4 Å². The molecule has 0 spiro atoms. The molecule has 0 bridgehead atoms. The SMILES string of the molecule is O=C(O)c1ccc2nc(-c3csc(Br)c3)oc2c1. The van der Waals surface area contributed by atoms with E-state index in [-0.39, 0.29) is 5.56 Å². The third-order valence-electron chi connectivity index (χ3n) is 2.45. The summed E-state index contributed by atoms with van der Waals surface area (Å²) < 4.78 is 6.56. The van der Waals surface area contributed by atoms with Crippen molar-refractivity contribution in [2.75, 3.05) is 0 Å². The quantitative estimate of drug-likeness (QED) is 0.773. The number of carboxylic acids is 1. The van der Waals surface area contributed by atoms with Crippen LogP contribution in [0, 0.1) is 0 Å². The lowest BCUT2D eigenvalue weighted by atomic mass is 10.2. The molecule has 4 nitrogen and oxygen atoms in total. The van der Waals surface area contributed by atoms with Crippen LogP contribution in [0.3, 0.4) is 0 Å². The van der Waals surface area contributed by atoms with Gasteiger partial charge in [-0.25, -0.2) is 9.78 Å². The molecule has 3 rings (SSSR count). The van der Waals surface area contributed by atoms with Gasteiger partial charge >= 0.3 is 5.97 Å². The van der Waals surface area contributed by atoms with Gasteiger partial charge in [0.15, 0.2) is 5.58 Å². The van der Waals surface area contributed by atoms with Gasteiger partial charge in [-0.2, -0.15) is 0 Å². The number of hydrogen-bond donors (Lipinski definition) is 1.